The number of para-hydroxylation sites is 1. The van der Waals surface area contributed by atoms with Crippen LogP contribution in [0.1, 0.15) is 5.56 Å². The Balaban J connectivity index is 1.60. The molecule has 8 heteroatoms. The van der Waals surface area contributed by atoms with Crippen molar-refractivity contribution in [1.29, 1.82) is 0 Å². The second-order valence-corrected chi connectivity index (χ2v) is 5.51. The Hall–Kier alpha value is -3.42. The van der Waals surface area contributed by atoms with E-state index in [1.807, 2.05) is 48.5 Å². The standard InChI is InChI=1S/C17H15N5O3/c23-17(10-21-11-18-19-20-21)22(14-4-2-1-3-5-14)9-13-6-7-15-16(8-13)25-12-24-15/h1-8,11H,9-10,12H2. The number of fused-ring (bicyclic) bond motifs is 1. The molecule has 0 fully saturated rings. The molecule has 3 aromatic rings. The lowest BCUT2D eigenvalue weighted by Crippen LogP contribution is -2.33. The molecule has 8 nitrogen and oxygen atoms in total. The van der Waals surface area contributed by atoms with Gasteiger partial charge in [0.25, 0.3) is 0 Å². The summed E-state index contributed by atoms with van der Waals surface area (Å²) in [6.45, 7) is 0.688. The number of aromatic nitrogens is 4. The zero-order valence-corrected chi connectivity index (χ0v) is 13.3. The van der Waals surface area contributed by atoms with E-state index in [0.29, 0.717) is 12.3 Å². The molecule has 1 aliphatic rings. The molecule has 1 amide bonds. The Labute approximate surface area is 143 Å². The number of carbonyl (C=O) groups excluding carboxylic acids is 1. The van der Waals surface area contributed by atoms with E-state index in [1.165, 1.54) is 11.0 Å². The van der Waals surface area contributed by atoms with Gasteiger partial charge in [-0.25, -0.2) is 4.68 Å². The van der Waals surface area contributed by atoms with Crippen LogP contribution >= 0.6 is 0 Å². The maximum atomic E-state index is 12.8. The number of benzene rings is 2. The second kappa shape index (κ2) is 6.60. The summed E-state index contributed by atoms with van der Waals surface area (Å²) in [5.74, 6) is 1.30. The highest BCUT2D eigenvalue weighted by molar-refractivity contribution is 5.93. The normalized spacial score (nSPS) is 12.2. The minimum absolute atomic E-state index is 0.0620. The summed E-state index contributed by atoms with van der Waals surface area (Å²) in [7, 11) is 0. The number of nitrogens with zero attached hydrogens (tertiary/aromatic N) is 5. The van der Waals surface area contributed by atoms with E-state index in [9.17, 15) is 4.79 Å². The molecule has 126 valence electrons. The van der Waals surface area contributed by atoms with Crippen molar-refractivity contribution in [2.45, 2.75) is 13.1 Å². The molecule has 25 heavy (non-hydrogen) atoms. The lowest BCUT2D eigenvalue weighted by molar-refractivity contribution is -0.119. The monoisotopic (exact) mass is 337 g/mol. The van der Waals surface area contributed by atoms with Crippen molar-refractivity contribution in [1.82, 2.24) is 20.2 Å². The van der Waals surface area contributed by atoms with Gasteiger partial charge in [0.2, 0.25) is 12.7 Å². The maximum absolute atomic E-state index is 12.8. The fourth-order valence-corrected chi connectivity index (χ4v) is 2.63. The molecule has 0 radical (unpaired) electrons. The van der Waals surface area contributed by atoms with E-state index < -0.39 is 0 Å². The molecule has 0 atom stereocenters. The number of amides is 1. The smallest absolute Gasteiger partial charge is 0.249 e. The molecule has 2 heterocycles. The second-order valence-electron chi connectivity index (χ2n) is 5.51. The average Bonchev–Trinajstić information content (AvgIpc) is 3.31. The van der Waals surface area contributed by atoms with Crippen LogP contribution in [0.2, 0.25) is 0 Å². The van der Waals surface area contributed by atoms with Crippen LogP contribution in [0.4, 0.5) is 5.69 Å². The van der Waals surface area contributed by atoms with E-state index in [4.69, 9.17) is 9.47 Å². The maximum Gasteiger partial charge on any atom is 0.249 e. The van der Waals surface area contributed by atoms with Crippen molar-refractivity contribution in [2.75, 3.05) is 11.7 Å². The highest BCUT2D eigenvalue weighted by Crippen LogP contribution is 2.33. The fourth-order valence-electron chi connectivity index (χ4n) is 2.63. The van der Waals surface area contributed by atoms with Gasteiger partial charge in [-0.05, 0) is 40.3 Å². The fraction of sp³-hybridized carbons (Fsp3) is 0.176. The molecule has 0 bridgehead atoms. The van der Waals surface area contributed by atoms with Gasteiger partial charge in [-0.3, -0.25) is 4.79 Å². The Kier molecular flexibility index (Phi) is 3.99. The van der Waals surface area contributed by atoms with Crippen molar-refractivity contribution in [2.24, 2.45) is 0 Å². The first-order valence-corrected chi connectivity index (χ1v) is 7.74. The van der Waals surface area contributed by atoms with Crippen LogP contribution in [0.25, 0.3) is 0 Å². The Bertz CT molecular complexity index is 867. The summed E-state index contributed by atoms with van der Waals surface area (Å²) in [4.78, 5) is 14.5. The quantitative estimate of drug-likeness (QED) is 0.704. The largest absolute Gasteiger partial charge is 0.454 e. The van der Waals surface area contributed by atoms with E-state index in [1.54, 1.807) is 4.90 Å². The van der Waals surface area contributed by atoms with Crippen molar-refractivity contribution < 1.29 is 14.3 Å². The number of tetrazole rings is 1. The van der Waals surface area contributed by atoms with Gasteiger partial charge >= 0.3 is 0 Å². The highest BCUT2D eigenvalue weighted by Gasteiger charge is 2.19. The first kappa shape index (κ1) is 15.1. The number of hydrogen-bond acceptors (Lipinski definition) is 6. The van der Waals surface area contributed by atoms with Gasteiger partial charge in [0.05, 0.1) is 6.54 Å². The highest BCUT2D eigenvalue weighted by atomic mass is 16.7. The summed E-state index contributed by atoms with van der Waals surface area (Å²) < 4.78 is 12.1. The van der Waals surface area contributed by atoms with Gasteiger partial charge in [-0.2, -0.15) is 0 Å². The molecule has 1 aliphatic heterocycles. The summed E-state index contributed by atoms with van der Waals surface area (Å²) in [6.07, 6.45) is 1.42. The summed E-state index contributed by atoms with van der Waals surface area (Å²) >= 11 is 0. The topological polar surface area (TPSA) is 82.4 Å². The molecule has 4 rings (SSSR count). The third-order valence-electron chi connectivity index (χ3n) is 3.84. The van der Waals surface area contributed by atoms with E-state index >= 15 is 0 Å². The summed E-state index contributed by atoms with van der Waals surface area (Å²) in [5.41, 5.74) is 1.75. The van der Waals surface area contributed by atoms with Crippen molar-refractivity contribution in [3.8, 4) is 11.5 Å². The Morgan fingerprint density at radius 1 is 1.12 bits per heavy atom. The van der Waals surface area contributed by atoms with Gasteiger partial charge < -0.3 is 14.4 Å². The minimum atomic E-state index is -0.115. The Morgan fingerprint density at radius 2 is 1.96 bits per heavy atom. The predicted molar refractivity (Wildman–Crippen MR) is 88.0 cm³/mol. The van der Waals surface area contributed by atoms with Crippen LogP contribution in [-0.4, -0.2) is 32.9 Å². The van der Waals surface area contributed by atoms with Crippen LogP contribution in [0.3, 0.4) is 0 Å². The van der Waals surface area contributed by atoms with E-state index in [-0.39, 0.29) is 19.2 Å². The van der Waals surface area contributed by atoms with Gasteiger partial charge in [-0.1, -0.05) is 24.3 Å². The third kappa shape index (κ3) is 3.27. The molecule has 1 aromatic heterocycles. The molecule has 0 saturated carbocycles. The average molecular weight is 337 g/mol. The lowest BCUT2D eigenvalue weighted by Gasteiger charge is -2.23. The molecular weight excluding hydrogens is 322 g/mol. The number of anilines is 1. The van der Waals surface area contributed by atoms with Crippen LogP contribution in [0.15, 0.2) is 54.9 Å². The third-order valence-corrected chi connectivity index (χ3v) is 3.84. The molecule has 0 saturated heterocycles. The number of hydrogen-bond donors (Lipinski definition) is 0. The molecule has 2 aromatic carbocycles. The first-order valence-electron chi connectivity index (χ1n) is 7.74. The van der Waals surface area contributed by atoms with Gasteiger partial charge in [0, 0.05) is 5.69 Å². The Morgan fingerprint density at radius 3 is 2.76 bits per heavy atom. The first-order chi connectivity index (χ1) is 12.3. The van der Waals surface area contributed by atoms with E-state index in [2.05, 4.69) is 15.5 Å². The molecule has 0 spiro atoms. The van der Waals surface area contributed by atoms with Gasteiger partial charge in [-0.15, -0.1) is 5.10 Å². The minimum Gasteiger partial charge on any atom is -0.454 e. The van der Waals surface area contributed by atoms with Crippen LogP contribution in [-0.2, 0) is 17.9 Å². The number of carbonyl (C=O) groups is 1. The summed E-state index contributed by atoms with van der Waals surface area (Å²) in [6, 6.07) is 15.2. The molecule has 0 N–H and O–H groups in total. The SMILES string of the molecule is O=C(Cn1cnnn1)N(Cc1ccc2c(c1)OCO2)c1ccccc1. The molecule has 0 unspecified atom stereocenters. The van der Waals surface area contributed by atoms with Crippen LogP contribution < -0.4 is 14.4 Å². The number of rotatable bonds is 5. The molecular formula is C17H15N5O3. The van der Waals surface area contributed by atoms with Crippen molar-refractivity contribution >= 4 is 11.6 Å². The van der Waals surface area contributed by atoms with Crippen LogP contribution in [0.5, 0.6) is 11.5 Å². The van der Waals surface area contributed by atoms with Crippen molar-refractivity contribution in [3.63, 3.8) is 0 Å². The zero-order chi connectivity index (χ0) is 17.1. The van der Waals surface area contributed by atoms with Gasteiger partial charge in [0.15, 0.2) is 11.5 Å². The van der Waals surface area contributed by atoms with E-state index in [0.717, 1.165) is 17.0 Å². The molecule has 0 aliphatic carbocycles. The zero-order valence-electron chi connectivity index (χ0n) is 13.3. The van der Waals surface area contributed by atoms with Gasteiger partial charge in [0.1, 0.15) is 12.9 Å². The number of ether oxygens (including phenoxy) is 2. The predicted octanol–water partition coefficient (Wildman–Crippen LogP) is 1.64. The van der Waals surface area contributed by atoms with Crippen LogP contribution in [0, 0.1) is 0 Å². The summed E-state index contributed by atoms with van der Waals surface area (Å²) in [5, 5.41) is 10.9. The lowest BCUT2D eigenvalue weighted by atomic mass is 10.1. The van der Waals surface area contributed by atoms with Crippen molar-refractivity contribution in [3.05, 3.63) is 60.4 Å².